The zero-order valence-electron chi connectivity index (χ0n) is 17.4. The maximum Gasteiger partial charge on any atom is 0.226 e. The van der Waals surface area contributed by atoms with Crippen LogP contribution in [0.25, 0.3) is 10.2 Å². The van der Waals surface area contributed by atoms with Crippen LogP contribution in [-0.2, 0) is 17.6 Å². The lowest BCUT2D eigenvalue weighted by molar-refractivity contribution is -0.136. The largest absolute Gasteiger partial charge is 0.343 e. The molecule has 162 valence electrons. The van der Waals surface area contributed by atoms with E-state index in [-0.39, 0.29) is 17.9 Å². The van der Waals surface area contributed by atoms with Crippen molar-refractivity contribution in [2.24, 2.45) is 11.0 Å². The van der Waals surface area contributed by atoms with Crippen LogP contribution >= 0.6 is 35.6 Å². The Morgan fingerprint density at radius 3 is 2.90 bits per heavy atom. The van der Waals surface area contributed by atoms with E-state index >= 15 is 0 Å². The topological polar surface area (TPSA) is 94.3 Å². The SMILES string of the molecule is CC(C)N(C)C(=O)C1CCc2c(sc3ncnc(Nc4cc(S)c(N=N)cc4Cl)c23)C1. The Labute approximate surface area is 195 Å². The molecule has 1 aliphatic rings. The number of rotatable bonds is 5. The van der Waals surface area contributed by atoms with Crippen molar-refractivity contribution in [2.75, 3.05) is 12.4 Å². The minimum atomic E-state index is -0.000294. The van der Waals surface area contributed by atoms with Gasteiger partial charge in [-0.1, -0.05) is 11.6 Å². The Kier molecular flexibility index (Phi) is 6.18. The van der Waals surface area contributed by atoms with Crippen LogP contribution in [0.3, 0.4) is 0 Å². The maximum atomic E-state index is 12.8. The van der Waals surface area contributed by atoms with Crippen molar-refractivity contribution in [3.05, 3.63) is 33.9 Å². The first-order chi connectivity index (χ1) is 14.8. The lowest BCUT2D eigenvalue weighted by Gasteiger charge is -2.29. The van der Waals surface area contributed by atoms with E-state index in [1.54, 1.807) is 23.5 Å². The zero-order chi connectivity index (χ0) is 22.3. The molecule has 3 aromatic rings. The lowest BCUT2D eigenvalue weighted by atomic mass is 9.86. The summed E-state index contributed by atoms with van der Waals surface area (Å²) in [5.74, 6) is 0.881. The van der Waals surface area contributed by atoms with Crippen molar-refractivity contribution in [1.82, 2.24) is 14.9 Å². The summed E-state index contributed by atoms with van der Waals surface area (Å²) in [6, 6.07) is 3.53. The quantitative estimate of drug-likeness (QED) is 0.311. The van der Waals surface area contributed by atoms with Crippen LogP contribution in [0.5, 0.6) is 0 Å². The number of amides is 1. The highest BCUT2D eigenvalue weighted by molar-refractivity contribution is 7.80. The molecule has 1 amide bonds. The minimum Gasteiger partial charge on any atom is -0.343 e. The molecule has 7 nitrogen and oxygen atoms in total. The van der Waals surface area contributed by atoms with Gasteiger partial charge in [-0.2, -0.15) is 5.11 Å². The van der Waals surface area contributed by atoms with Crippen LogP contribution < -0.4 is 5.32 Å². The van der Waals surface area contributed by atoms with Gasteiger partial charge in [0.15, 0.2) is 0 Å². The Bertz CT molecular complexity index is 1180. The average molecular weight is 475 g/mol. The number of aromatic nitrogens is 2. The van der Waals surface area contributed by atoms with Gasteiger partial charge in [0, 0.05) is 28.8 Å². The number of halogens is 1. The average Bonchev–Trinajstić information content (AvgIpc) is 3.13. The van der Waals surface area contributed by atoms with Gasteiger partial charge in [-0.15, -0.1) is 24.0 Å². The van der Waals surface area contributed by atoms with E-state index in [1.165, 1.54) is 16.8 Å². The number of carbonyl (C=O) groups excluding carboxylic acids is 1. The van der Waals surface area contributed by atoms with Crippen molar-refractivity contribution < 1.29 is 4.79 Å². The molecule has 1 aliphatic carbocycles. The molecule has 0 aliphatic heterocycles. The van der Waals surface area contributed by atoms with Gasteiger partial charge < -0.3 is 10.2 Å². The molecular weight excluding hydrogens is 452 g/mol. The number of carbonyl (C=O) groups is 1. The smallest absolute Gasteiger partial charge is 0.226 e. The number of thiol groups is 1. The van der Waals surface area contributed by atoms with E-state index in [0.717, 1.165) is 29.5 Å². The molecule has 31 heavy (non-hydrogen) atoms. The fraction of sp³-hybridized carbons (Fsp3) is 0.381. The summed E-state index contributed by atoms with van der Waals surface area (Å²) in [4.78, 5) is 26.3. The van der Waals surface area contributed by atoms with Crippen molar-refractivity contribution in [2.45, 2.75) is 44.0 Å². The Balaban J connectivity index is 1.68. The third-order valence-electron chi connectivity index (χ3n) is 5.75. The summed E-state index contributed by atoms with van der Waals surface area (Å²) in [6.45, 7) is 4.07. The van der Waals surface area contributed by atoms with Crippen molar-refractivity contribution >= 4 is 68.9 Å². The number of aryl methyl sites for hydroxylation is 1. The molecule has 2 aromatic heterocycles. The molecule has 1 unspecified atom stereocenters. The molecule has 4 rings (SSSR count). The second-order valence-electron chi connectivity index (χ2n) is 7.95. The highest BCUT2D eigenvalue weighted by Gasteiger charge is 2.31. The maximum absolute atomic E-state index is 12.8. The van der Waals surface area contributed by atoms with Crippen LogP contribution in [0, 0.1) is 11.4 Å². The summed E-state index contributed by atoms with van der Waals surface area (Å²) in [7, 11) is 1.87. The van der Waals surface area contributed by atoms with Gasteiger partial charge in [0.2, 0.25) is 5.91 Å². The van der Waals surface area contributed by atoms with Gasteiger partial charge in [0.05, 0.1) is 21.8 Å². The molecule has 0 saturated heterocycles. The van der Waals surface area contributed by atoms with E-state index in [0.29, 0.717) is 27.1 Å². The van der Waals surface area contributed by atoms with Crippen molar-refractivity contribution in [3.8, 4) is 0 Å². The highest BCUT2D eigenvalue weighted by atomic mass is 35.5. The van der Waals surface area contributed by atoms with Gasteiger partial charge in [0.25, 0.3) is 0 Å². The minimum absolute atomic E-state index is 0.000294. The monoisotopic (exact) mass is 474 g/mol. The van der Waals surface area contributed by atoms with Gasteiger partial charge >= 0.3 is 0 Å². The molecule has 1 atom stereocenters. The van der Waals surface area contributed by atoms with E-state index in [1.807, 2.05) is 25.8 Å². The predicted octanol–water partition coefficient (Wildman–Crippen LogP) is 6.01. The van der Waals surface area contributed by atoms with Crippen LogP contribution in [0.4, 0.5) is 17.2 Å². The van der Waals surface area contributed by atoms with E-state index < -0.39 is 0 Å². The molecular formula is C21H23ClN6OS2. The Morgan fingerprint density at radius 2 is 2.19 bits per heavy atom. The van der Waals surface area contributed by atoms with Crippen LogP contribution in [0.2, 0.25) is 5.02 Å². The van der Waals surface area contributed by atoms with E-state index in [4.69, 9.17) is 17.1 Å². The summed E-state index contributed by atoms with van der Waals surface area (Å²) in [5.41, 5.74) is 9.46. The van der Waals surface area contributed by atoms with Gasteiger partial charge in [-0.05, 0) is 50.8 Å². The summed E-state index contributed by atoms with van der Waals surface area (Å²) >= 11 is 12.4. The van der Waals surface area contributed by atoms with Crippen LogP contribution in [-0.4, -0.2) is 33.9 Å². The molecule has 0 fully saturated rings. The standard InChI is InChI=1S/C21H23ClN6OS2/c1-10(2)28(3)21(29)11-4-5-12-17(6-11)31-20-18(12)19(24-9-25-20)26-14-8-16(30)15(27-23)7-13(14)22/h7-11,23,30H,4-6H2,1-3H3,(H,24,25,26). The number of nitrogens with zero attached hydrogens (tertiary/aromatic N) is 4. The first-order valence-electron chi connectivity index (χ1n) is 9.99. The fourth-order valence-corrected chi connectivity index (χ4v) is 5.54. The number of hydrogen-bond donors (Lipinski definition) is 3. The van der Waals surface area contributed by atoms with Gasteiger partial charge in [-0.25, -0.2) is 15.5 Å². The summed E-state index contributed by atoms with van der Waals surface area (Å²) < 4.78 is 0. The molecule has 10 heteroatoms. The molecule has 1 aromatic carbocycles. The molecule has 0 bridgehead atoms. The molecule has 0 radical (unpaired) electrons. The summed E-state index contributed by atoms with van der Waals surface area (Å²) in [5, 5.41) is 8.15. The van der Waals surface area contributed by atoms with Gasteiger partial charge in [0.1, 0.15) is 17.0 Å². The number of nitrogens with one attached hydrogen (secondary N) is 2. The number of benzene rings is 1. The predicted molar refractivity (Wildman–Crippen MR) is 128 cm³/mol. The summed E-state index contributed by atoms with van der Waals surface area (Å²) in [6.07, 6.45) is 3.88. The Hall–Kier alpha value is -2.23. The zero-order valence-corrected chi connectivity index (χ0v) is 19.9. The van der Waals surface area contributed by atoms with Crippen molar-refractivity contribution in [1.29, 1.82) is 5.53 Å². The van der Waals surface area contributed by atoms with E-state index in [9.17, 15) is 4.79 Å². The molecule has 0 spiro atoms. The third kappa shape index (κ3) is 4.14. The van der Waals surface area contributed by atoms with E-state index in [2.05, 4.69) is 33.0 Å². The normalized spacial score (nSPS) is 15.7. The second kappa shape index (κ2) is 8.72. The fourth-order valence-electron chi connectivity index (χ4n) is 3.82. The third-order valence-corrected chi connectivity index (χ3v) is 7.59. The number of hydrogen-bond acceptors (Lipinski definition) is 8. The molecule has 2 heterocycles. The molecule has 0 saturated carbocycles. The van der Waals surface area contributed by atoms with Crippen LogP contribution in [0.1, 0.15) is 30.7 Å². The first-order valence-corrected chi connectivity index (χ1v) is 11.6. The Morgan fingerprint density at radius 1 is 1.42 bits per heavy atom. The lowest BCUT2D eigenvalue weighted by Crippen LogP contribution is -2.39. The van der Waals surface area contributed by atoms with Crippen molar-refractivity contribution in [3.63, 3.8) is 0 Å². The number of thiophene rings is 1. The highest BCUT2D eigenvalue weighted by Crippen LogP contribution is 2.42. The number of fused-ring (bicyclic) bond motifs is 3. The molecule has 2 N–H and O–H groups in total. The van der Waals surface area contributed by atoms with Crippen LogP contribution in [0.15, 0.2) is 28.5 Å². The van der Waals surface area contributed by atoms with Gasteiger partial charge in [-0.3, -0.25) is 4.79 Å². The number of anilines is 2. The first kappa shape index (κ1) is 22.0. The second-order valence-corrected chi connectivity index (χ2v) is 9.92.